The van der Waals surface area contributed by atoms with Gasteiger partial charge < -0.3 is 10.2 Å². The van der Waals surface area contributed by atoms with Gasteiger partial charge in [0.25, 0.3) is 0 Å². The molecular weight excluding hydrogens is 552 g/mol. The Labute approximate surface area is 189 Å². The van der Waals surface area contributed by atoms with Crippen LogP contribution in [0.1, 0.15) is 17.7 Å². The van der Waals surface area contributed by atoms with Crippen molar-refractivity contribution in [1.82, 2.24) is 14.5 Å². The van der Waals surface area contributed by atoms with Crippen molar-refractivity contribution < 1.29 is 21.6 Å². The minimum Gasteiger partial charge on any atom is -0.356 e. The van der Waals surface area contributed by atoms with Crippen molar-refractivity contribution >= 4 is 62.9 Å². The number of hydrogen-bond acceptors (Lipinski definition) is 4. The van der Waals surface area contributed by atoms with Gasteiger partial charge in [-0.2, -0.15) is 17.5 Å². The van der Waals surface area contributed by atoms with Crippen LogP contribution < -0.4 is 5.32 Å². The fourth-order valence-electron chi connectivity index (χ4n) is 2.87. The second-order valence-electron chi connectivity index (χ2n) is 6.28. The second-order valence-corrected chi connectivity index (χ2v) is 10.0. The average molecular weight is 575 g/mol. The van der Waals surface area contributed by atoms with E-state index in [9.17, 15) is 21.6 Å². The molecule has 0 amide bonds. The van der Waals surface area contributed by atoms with Crippen molar-refractivity contribution in [3.8, 4) is 0 Å². The predicted molar refractivity (Wildman–Crippen MR) is 117 cm³/mol. The molecule has 1 aliphatic heterocycles. The monoisotopic (exact) mass is 574 g/mol. The number of alkyl halides is 3. The summed E-state index contributed by atoms with van der Waals surface area (Å²) < 4.78 is 62.0. The average Bonchev–Trinajstić information content (AvgIpc) is 2.99. The maximum Gasteiger partial charge on any atom is 0.511 e. The van der Waals surface area contributed by atoms with E-state index in [2.05, 4.69) is 10.3 Å². The zero-order valence-corrected chi connectivity index (χ0v) is 20.1. The maximum atomic E-state index is 12.6. The molecule has 162 valence electrons. The molecule has 0 aliphatic carbocycles. The van der Waals surface area contributed by atoms with Gasteiger partial charge in [0.2, 0.25) is 0 Å². The molecule has 6 nitrogen and oxygen atoms in total. The minimum absolute atomic E-state index is 0. The van der Waals surface area contributed by atoms with Crippen molar-refractivity contribution in [2.45, 2.75) is 24.9 Å². The van der Waals surface area contributed by atoms with E-state index < -0.39 is 15.5 Å². The highest BCUT2D eigenvalue weighted by atomic mass is 127. The smallest absolute Gasteiger partial charge is 0.356 e. The summed E-state index contributed by atoms with van der Waals surface area (Å²) in [7, 11) is -1.71. The van der Waals surface area contributed by atoms with Gasteiger partial charge in [0.15, 0.2) is 5.96 Å². The molecule has 13 heteroatoms. The van der Waals surface area contributed by atoms with Crippen LogP contribution >= 0.6 is 46.9 Å². The van der Waals surface area contributed by atoms with Gasteiger partial charge in [-0.15, -0.1) is 35.3 Å². The summed E-state index contributed by atoms with van der Waals surface area (Å²) in [5.41, 5.74) is -5.24. The first-order chi connectivity index (χ1) is 12.5. The Morgan fingerprint density at radius 2 is 2.00 bits per heavy atom. The molecule has 0 unspecified atom stereocenters. The fourth-order valence-corrected chi connectivity index (χ4v) is 4.99. The van der Waals surface area contributed by atoms with E-state index >= 15 is 0 Å². The first kappa shape index (κ1) is 25.7. The quantitative estimate of drug-likeness (QED) is 0.332. The highest BCUT2D eigenvalue weighted by molar-refractivity contribution is 14.0. The summed E-state index contributed by atoms with van der Waals surface area (Å²) in [6.07, 6.45) is 0.729. The molecule has 28 heavy (non-hydrogen) atoms. The molecule has 1 N–H and O–H groups in total. The van der Waals surface area contributed by atoms with E-state index in [4.69, 9.17) is 11.6 Å². The topological polar surface area (TPSA) is 65.0 Å². The highest BCUT2D eigenvalue weighted by Crippen LogP contribution is 2.30. The number of sulfonamides is 1. The molecule has 1 aromatic rings. The summed E-state index contributed by atoms with van der Waals surface area (Å²) in [4.78, 5) is 7.21. The Balaban J connectivity index is 0.00000392. The van der Waals surface area contributed by atoms with Crippen LogP contribution in [0.4, 0.5) is 13.2 Å². The largest absolute Gasteiger partial charge is 0.511 e. The van der Waals surface area contributed by atoms with E-state index in [1.165, 1.54) is 11.3 Å². The van der Waals surface area contributed by atoms with E-state index in [0.29, 0.717) is 40.5 Å². The van der Waals surface area contributed by atoms with Crippen LogP contribution in [0.25, 0.3) is 0 Å². The van der Waals surface area contributed by atoms with Gasteiger partial charge in [0.05, 0.1) is 10.9 Å². The third-order valence-electron chi connectivity index (χ3n) is 4.35. The molecule has 0 aromatic carbocycles. The third-order valence-corrected chi connectivity index (χ3v) is 7.20. The van der Waals surface area contributed by atoms with E-state index in [0.717, 1.165) is 4.88 Å². The van der Waals surface area contributed by atoms with E-state index in [1.54, 1.807) is 7.05 Å². The SMILES string of the molecule is CN=C(NCC1CCN(S(=O)(=O)C(F)(F)F)CC1)N(C)Cc1ccc(Cl)s1.I. The van der Waals surface area contributed by atoms with Crippen molar-refractivity contribution in [2.75, 3.05) is 33.7 Å². The van der Waals surface area contributed by atoms with Gasteiger partial charge >= 0.3 is 15.5 Å². The number of halogens is 5. The molecule has 1 saturated heterocycles. The van der Waals surface area contributed by atoms with Crippen LogP contribution in [-0.2, 0) is 16.6 Å². The predicted octanol–water partition coefficient (Wildman–Crippen LogP) is 3.59. The van der Waals surface area contributed by atoms with Crippen LogP contribution in [0.15, 0.2) is 17.1 Å². The summed E-state index contributed by atoms with van der Waals surface area (Å²) in [5, 5.41) is 3.21. The van der Waals surface area contributed by atoms with E-state index in [-0.39, 0.29) is 43.0 Å². The summed E-state index contributed by atoms with van der Waals surface area (Å²) in [5.74, 6) is 0.732. The molecule has 0 radical (unpaired) electrons. The molecule has 1 aromatic heterocycles. The first-order valence-corrected chi connectivity index (χ1v) is 10.9. The van der Waals surface area contributed by atoms with Gasteiger partial charge in [-0.25, -0.2) is 8.42 Å². The number of aliphatic imine (C=N–C) groups is 1. The van der Waals surface area contributed by atoms with Gasteiger partial charge in [-0.3, -0.25) is 4.99 Å². The van der Waals surface area contributed by atoms with Crippen molar-refractivity contribution in [3.63, 3.8) is 0 Å². The van der Waals surface area contributed by atoms with Gasteiger partial charge in [-0.1, -0.05) is 11.6 Å². The molecule has 0 spiro atoms. The van der Waals surface area contributed by atoms with Gasteiger partial charge in [0, 0.05) is 38.6 Å². The number of rotatable bonds is 5. The summed E-state index contributed by atoms with van der Waals surface area (Å²) in [6, 6.07) is 3.77. The number of thiophene rings is 1. The Bertz CT molecular complexity index is 766. The minimum atomic E-state index is -5.24. The van der Waals surface area contributed by atoms with Crippen LogP contribution in [0, 0.1) is 5.92 Å². The zero-order chi connectivity index (χ0) is 20.2. The molecule has 0 bridgehead atoms. The van der Waals surface area contributed by atoms with Crippen molar-refractivity contribution in [1.29, 1.82) is 0 Å². The lowest BCUT2D eigenvalue weighted by Crippen LogP contribution is -2.47. The van der Waals surface area contributed by atoms with Crippen LogP contribution in [0.5, 0.6) is 0 Å². The summed E-state index contributed by atoms with van der Waals surface area (Å²) in [6.45, 7) is 0.883. The lowest BCUT2D eigenvalue weighted by molar-refractivity contribution is -0.0496. The summed E-state index contributed by atoms with van der Waals surface area (Å²) >= 11 is 7.41. The molecule has 0 atom stereocenters. The van der Waals surface area contributed by atoms with Crippen molar-refractivity contribution in [3.05, 3.63) is 21.3 Å². The highest BCUT2D eigenvalue weighted by Gasteiger charge is 2.50. The molecule has 0 saturated carbocycles. The molecule has 1 fully saturated rings. The zero-order valence-electron chi connectivity index (χ0n) is 15.4. The van der Waals surface area contributed by atoms with Crippen LogP contribution in [0.2, 0.25) is 4.34 Å². The second kappa shape index (κ2) is 10.6. The van der Waals surface area contributed by atoms with Crippen LogP contribution in [0.3, 0.4) is 0 Å². The maximum absolute atomic E-state index is 12.6. The van der Waals surface area contributed by atoms with Gasteiger partial charge in [-0.05, 0) is 30.9 Å². The Morgan fingerprint density at radius 3 is 2.46 bits per heavy atom. The van der Waals surface area contributed by atoms with Crippen molar-refractivity contribution in [2.24, 2.45) is 10.9 Å². The lowest BCUT2D eigenvalue weighted by atomic mass is 9.98. The first-order valence-electron chi connectivity index (χ1n) is 8.27. The molecule has 2 rings (SSSR count). The number of hydrogen-bond donors (Lipinski definition) is 1. The molecular formula is C15H23ClF3IN4O2S2. The number of piperidine rings is 1. The lowest BCUT2D eigenvalue weighted by Gasteiger charge is -2.32. The number of nitrogens with one attached hydrogen (secondary N) is 1. The Kier molecular flexibility index (Phi) is 9.78. The number of guanidine groups is 1. The standard InChI is InChI=1S/C15H22ClF3N4O2S2.HI/c1-20-14(22(2)10-12-3-4-13(16)26-12)21-9-11-5-7-23(8-6-11)27(24,25)15(17,18)19;/h3-4,11H,5-10H2,1-2H3,(H,20,21);1H. The van der Waals surface area contributed by atoms with Crippen LogP contribution in [-0.4, -0.2) is 62.8 Å². The molecule has 2 heterocycles. The van der Waals surface area contributed by atoms with E-state index in [1.807, 2.05) is 24.1 Å². The van der Waals surface area contributed by atoms with Gasteiger partial charge in [0.1, 0.15) is 0 Å². The fraction of sp³-hybridized carbons (Fsp3) is 0.667. The Hall–Kier alpha value is -0.310. The number of nitrogens with zero attached hydrogens (tertiary/aromatic N) is 3. The third kappa shape index (κ3) is 6.61. The Morgan fingerprint density at radius 1 is 1.39 bits per heavy atom. The molecule has 1 aliphatic rings. The normalized spacial score (nSPS) is 17.3.